The van der Waals surface area contributed by atoms with Crippen LogP contribution >= 0.6 is 0 Å². The molecule has 0 aromatic carbocycles. The molecule has 18 heavy (non-hydrogen) atoms. The minimum absolute atomic E-state index is 0.173. The molecule has 0 spiro atoms. The Kier molecular flexibility index (Phi) is 6.31. The molecule has 2 N–H and O–H groups in total. The lowest BCUT2D eigenvalue weighted by Gasteiger charge is -2.18. The Labute approximate surface area is 106 Å². The second-order valence-corrected chi connectivity index (χ2v) is 3.64. The topological polar surface area (TPSA) is 89.0 Å². The minimum Gasteiger partial charge on any atom is -0.351 e. The zero-order valence-electron chi connectivity index (χ0n) is 10.7. The number of amides is 2. The van der Waals surface area contributed by atoms with Crippen molar-refractivity contribution in [2.24, 2.45) is 5.10 Å². The van der Waals surface area contributed by atoms with E-state index in [1.54, 1.807) is 0 Å². The Bertz CT molecular complexity index is 324. The van der Waals surface area contributed by atoms with Gasteiger partial charge in [-0.25, -0.2) is 5.43 Å². The number of carbonyl (C=O) groups excluding carboxylic acids is 2. The fourth-order valence-electron chi connectivity index (χ4n) is 1.45. The smallest absolute Gasteiger partial charge is 0.267 e. The molecule has 102 valence electrons. The highest BCUT2D eigenvalue weighted by molar-refractivity contribution is 6.39. The molecule has 1 heterocycles. The number of ether oxygens (including phenoxy) is 2. The Morgan fingerprint density at radius 3 is 2.56 bits per heavy atom. The minimum atomic E-state index is -0.456. The number of nitrogens with one attached hydrogen (secondary N) is 2. The fourth-order valence-corrected chi connectivity index (χ4v) is 1.45. The van der Waals surface area contributed by atoms with E-state index in [0.29, 0.717) is 25.3 Å². The lowest BCUT2D eigenvalue weighted by atomic mass is 10.1. The summed E-state index contributed by atoms with van der Waals surface area (Å²) >= 11 is 0. The first-order valence-electron chi connectivity index (χ1n) is 6.04. The van der Waals surface area contributed by atoms with Gasteiger partial charge in [0.25, 0.3) is 5.91 Å². The summed E-state index contributed by atoms with van der Waals surface area (Å²) in [5.74, 6) is -0.479. The Balaban J connectivity index is 2.37. The van der Waals surface area contributed by atoms with Crippen molar-refractivity contribution in [1.82, 2.24) is 10.7 Å². The molecule has 0 aromatic rings. The van der Waals surface area contributed by atoms with Crippen molar-refractivity contribution in [3.05, 3.63) is 0 Å². The van der Waals surface area contributed by atoms with Gasteiger partial charge in [0.2, 0.25) is 5.91 Å². The van der Waals surface area contributed by atoms with Crippen LogP contribution in [-0.2, 0) is 19.1 Å². The fraction of sp³-hybridized carbons (Fsp3) is 0.727. The van der Waals surface area contributed by atoms with E-state index in [9.17, 15) is 9.59 Å². The summed E-state index contributed by atoms with van der Waals surface area (Å²) in [5, 5.41) is 6.37. The monoisotopic (exact) mass is 257 g/mol. The molecule has 0 atom stereocenters. The first kappa shape index (κ1) is 14.6. The number of rotatable bonds is 7. The standard InChI is InChI=1S/C11H19N3O4/c1-3-17-10(18-4-2)7-12-11(16)8-5-6-9(15)14-13-8/h10H,3-7H2,1-2H3,(H,12,16)(H,14,15). The van der Waals surface area contributed by atoms with Gasteiger partial charge in [-0.2, -0.15) is 5.10 Å². The van der Waals surface area contributed by atoms with Gasteiger partial charge in [0.05, 0.1) is 6.54 Å². The van der Waals surface area contributed by atoms with Crippen molar-refractivity contribution in [3.63, 3.8) is 0 Å². The van der Waals surface area contributed by atoms with E-state index in [1.165, 1.54) is 0 Å². The van der Waals surface area contributed by atoms with Crippen LogP contribution in [0.4, 0.5) is 0 Å². The molecule has 0 bridgehead atoms. The average molecular weight is 257 g/mol. The van der Waals surface area contributed by atoms with Crippen LogP contribution in [0.15, 0.2) is 5.10 Å². The van der Waals surface area contributed by atoms with Gasteiger partial charge in [-0.05, 0) is 13.8 Å². The summed E-state index contributed by atoms with van der Waals surface area (Å²) in [6.07, 6.45) is 0.181. The van der Waals surface area contributed by atoms with Crippen LogP contribution in [0.5, 0.6) is 0 Å². The predicted octanol–water partition coefficient (Wildman–Crippen LogP) is -0.232. The normalized spacial score (nSPS) is 15.3. The summed E-state index contributed by atoms with van der Waals surface area (Å²) in [7, 11) is 0. The highest BCUT2D eigenvalue weighted by Gasteiger charge is 2.19. The van der Waals surface area contributed by atoms with Crippen LogP contribution in [-0.4, -0.2) is 43.6 Å². The van der Waals surface area contributed by atoms with Crippen molar-refractivity contribution < 1.29 is 19.1 Å². The van der Waals surface area contributed by atoms with Crippen LogP contribution in [0.3, 0.4) is 0 Å². The number of carbonyl (C=O) groups is 2. The highest BCUT2D eigenvalue weighted by atomic mass is 16.7. The largest absolute Gasteiger partial charge is 0.351 e. The molecule has 0 aliphatic carbocycles. The van der Waals surface area contributed by atoms with Crippen molar-refractivity contribution in [1.29, 1.82) is 0 Å². The van der Waals surface area contributed by atoms with E-state index in [4.69, 9.17) is 9.47 Å². The van der Waals surface area contributed by atoms with Crippen molar-refractivity contribution in [3.8, 4) is 0 Å². The van der Waals surface area contributed by atoms with Gasteiger partial charge < -0.3 is 14.8 Å². The second-order valence-electron chi connectivity index (χ2n) is 3.64. The summed E-state index contributed by atoms with van der Waals surface area (Å²) in [4.78, 5) is 22.6. The summed E-state index contributed by atoms with van der Waals surface area (Å²) in [5.41, 5.74) is 2.60. The van der Waals surface area contributed by atoms with Gasteiger partial charge in [0, 0.05) is 26.1 Å². The lowest BCUT2D eigenvalue weighted by Crippen LogP contribution is -2.41. The van der Waals surface area contributed by atoms with Crippen molar-refractivity contribution in [2.75, 3.05) is 19.8 Å². The molecule has 7 heteroatoms. The van der Waals surface area contributed by atoms with Gasteiger partial charge in [0.15, 0.2) is 6.29 Å². The first-order valence-corrected chi connectivity index (χ1v) is 6.04. The van der Waals surface area contributed by atoms with Gasteiger partial charge in [0.1, 0.15) is 5.71 Å². The molecule has 0 saturated carbocycles. The van der Waals surface area contributed by atoms with Crippen LogP contribution in [0.2, 0.25) is 0 Å². The molecule has 1 aliphatic heterocycles. The quantitative estimate of drug-likeness (QED) is 0.616. The number of nitrogens with zero attached hydrogens (tertiary/aromatic N) is 1. The van der Waals surface area contributed by atoms with Gasteiger partial charge in [-0.1, -0.05) is 0 Å². The van der Waals surface area contributed by atoms with Crippen LogP contribution in [0, 0.1) is 0 Å². The van der Waals surface area contributed by atoms with E-state index < -0.39 is 6.29 Å². The van der Waals surface area contributed by atoms with Crippen LogP contribution in [0.1, 0.15) is 26.7 Å². The number of hydrogen-bond donors (Lipinski definition) is 2. The number of hydrazone groups is 1. The molecule has 7 nitrogen and oxygen atoms in total. The van der Waals surface area contributed by atoms with Crippen LogP contribution in [0.25, 0.3) is 0 Å². The average Bonchev–Trinajstić information content (AvgIpc) is 2.37. The third-order valence-corrected chi connectivity index (χ3v) is 2.30. The predicted molar refractivity (Wildman–Crippen MR) is 64.9 cm³/mol. The third-order valence-electron chi connectivity index (χ3n) is 2.30. The number of hydrogen-bond acceptors (Lipinski definition) is 5. The molecule has 0 unspecified atom stereocenters. The van der Waals surface area contributed by atoms with Gasteiger partial charge in [-0.3, -0.25) is 9.59 Å². The van der Waals surface area contributed by atoms with E-state index in [0.717, 1.165) is 0 Å². The van der Waals surface area contributed by atoms with Gasteiger partial charge >= 0.3 is 0 Å². The Morgan fingerprint density at radius 1 is 1.39 bits per heavy atom. The van der Waals surface area contributed by atoms with E-state index in [2.05, 4.69) is 15.8 Å². The van der Waals surface area contributed by atoms with Crippen molar-refractivity contribution in [2.45, 2.75) is 33.0 Å². The SMILES string of the molecule is CCOC(CNC(=O)C1=NNC(=O)CC1)OCC. The van der Waals surface area contributed by atoms with E-state index in [-0.39, 0.29) is 24.8 Å². The maximum absolute atomic E-state index is 11.7. The zero-order chi connectivity index (χ0) is 13.4. The lowest BCUT2D eigenvalue weighted by molar-refractivity contribution is -0.138. The summed E-state index contributed by atoms with van der Waals surface area (Å²) in [6.45, 7) is 4.99. The molecular formula is C11H19N3O4. The molecule has 0 fully saturated rings. The molecule has 1 aliphatic rings. The first-order chi connectivity index (χ1) is 8.67. The zero-order valence-corrected chi connectivity index (χ0v) is 10.7. The molecule has 2 amide bonds. The highest BCUT2D eigenvalue weighted by Crippen LogP contribution is 2.00. The summed E-state index contributed by atoms with van der Waals surface area (Å²) in [6, 6.07) is 0. The van der Waals surface area contributed by atoms with Gasteiger partial charge in [-0.15, -0.1) is 0 Å². The van der Waals surface area contributed by atoms with Crippen molar-refractivity contribution >= 4 is 17.5 Å². The Morgan fingerprint density at radius 2 is 2.06 bits per heavy atom. The molecule has 1 rings (SSSR count). The maximum atomic E-state index is 11.7. The van der Waals surface area contributed by atoms with E-state index in [1.807, 2.05) is 13.8 Å². The molecule has 0 saturated heterocycles. The Hall–Kier alpha value is -1.47. The third kappa shape index (κ3) is 4.80. The molecule has 0 radical (unpaired) electrons. The molecule has 0 aromatic heterocycles. The second kappa shape index (κ2) is 7.78. The summed E-state index contributed by atoms with van der Waals surface area (Å²) < 4.78 is 10.6. The maximum Gasteiger partial charge on any atom is 0.267 e. The van der Waals surface area contributed by atoms with E-state index >= 15 is 0 Å². The van der Waals surface area contributed by atoms with Crippen LogP contribution < -0.4 is 10.7 Å². The molecular weight excluding hydrogens is 238 g/mol.